The van der Waals surface area contributed by atoms with Gasteiger partial charge in [-0.1, -0.05) is 0 Å². The van der Waals surface area contributed by atoms with Crippen LogP contribution in [0, 0.1) is 0 Å². The van der Waals surface area contributed by atoms with Gasteiger partial charge < -0.3 is 16.4 Å². The molecule has 6 N–H and O–H groups in total. The molecule has 0 saturated heterocycles. The van der Waals surface area contributed by atoms with Crippen LogP contribution < -0.4 is 11.5 Å². The monoisotopic (exact) mass is 147 g/mol. The highest BCUT2D eigenvalue weighted by Crippen LogP contribution is 1.86. The third-order valence-electron chi connectivity index (χ3n) is 1.58. The summed E-state index contributed by atoms with van der Waals surface area (Å²) in [6, 6.07) is 0. The zero-order valence-electron chi connectivity index (χ0n) is 7.10. The van der Waals surface area contributed by atoms with Gasteiger partial charge >= 0.3 is 0 Å². The molecule has 0 spiro atoms. The molecule has 0 aromatic carbocycles. The standard InChI is InChI=1S/C7H19N3/c1-10(6-2-4-8)7-3-5-9/h2-9H2,1H3/p+2. The molecule has 62 valence electrons. The van der Waals surface area contributed by atoms with Crippen LogP contribution in [0.15, 0.2) is 0 Å². The first-order valence-electron chi connectivity index (χ1n) is 4.08. The lowest BCUT2D eigenvalue weighted by molar-refractivity contribution is -0.369. The van der Waals surface area contributed by atoms with Gasteiger partial charge in [0.2, 0.25) is 0 Å². The van der Waals surface area contributed by atoms with Crippen molar-refractivity contribution in [2.75, 3.05) is 33.2 Å². The largest absolute Gasteiger partial charge is 0.358 e. The van der Waals surface area contributed by atoms with Crippen LogP contribution in [0.25, 0.3) is 0 Å². The highest BCUT2D eigenvalue weighted by molar-refractivity contribution is 4.49. The summed E-state index contributed by atoms with van der Waals surface area (Å²) in [5.41, 5.74) is 7.60. The van der Waals surface area contributed by atoms with Gasteiger partial charge in [0.05, 0.1) is 13.1 Å². The number of rotatable bonds is 6. The molecule has 0 heterocycles. The van der Waals surface area contributed by atoms with Crippen molar-refractivity contribution >= 4 is 0 Å². The number of hydrogen-bond acceptors (Lipinski definition) is 1. The zero-order chi connectivity index (χ0) is 7.82. The van der Waals surface area contributed by atoms with Crippen LogP contribution in [-0.2, 0) is 0 Å². The van der Waals surface area contributed by atoms with Crippen molar-refractivity contribution in [3.05, 3.63) is 0 Å². The lowest BCUT2D eigenvalue weighted by Crippen LogP contribution is -2.52. The highest BCUT2D eigenvalue weighted by atomic mass is 15.1. The highest BCUT2D eigenvalue weighted by Gasteiger charge is 1.96. The van der Waals surface area contributed by atoms with Crippen LogP contribution in [0.2, 0.25) is 0 Å². The molecular formula is C7H21N3+2. The molecule has 0 unspecified atom stereocenters. The van der Waals surface area contributed by atoms with Gasteiger partial charge in [0, 0.05) is 25.9 Å². The van der Waals surface area contributed by atoms with Gasteiger partial charge in [-0.2, -0.15) is 0 Å². The van der Waals surface area contributed by atoms with Gasteiger partial charge in [-0.15, -0.1) is 0 Å². The summed E-state index contributed by atoms with van der Waals surface area (Å²) >= 11 is 0. The van der Waals surface area contributed by atoms with Crippen molar-refractivity contribution in [1.82, 2.24) is 4.90 Å². The third-order valence-corrected chi connectivity index (χ3v) is 1.58. The summed E-state index contributed by atoms with van der Waals surface area (Å²) in [6.45, 7) is 4.47. The van der Waals surface area contributed by atoms with Crippen molar-refractivity contribution in [3.8, 4) is 0 Å². The SMILES string of the molecule is CN(CCC[NH3+])CCC[NH3+]. The second kappa shape index (κ2) is 6.99. The molecule has 0 aromatic rings. The third kappa shape index (κ3) is 6.01. The van der Waals surface area contributed by atoms with Gasteiger partial charge in [-0.3, -0.25) is 0 Å². The lowest BCUT2D eigenvalue weighted by atomic mass is 10.3. The molecule has 3 nitrogen and oxygen atoms in total. The topological polar surface area (TPSA) is 58.5 Å². The number of nitrogens with zero attached hydrogens (tertiary/aromatic N) is 1. The van der Waals surface area contributed by atoms with Crippen molar-refractivity contribution < 1.29 is 11.5 Å². The molecular weight excluding hydrogens is 126 g/mol. The zero-order valence-corrected chi connectivity index (χ0v) is 7.10. The van der Waals surface area contributed by atoms with E-state index in [1.807, 2.05) is 0 Å². The fourth-order valence-corrected chi connectivity index (χ4v) is 0.875. The Morgan fingerprint density at radius 1 is 1.00 bits per heavy atom. The van der Waals surface area contributed by atoms with Crippen molar-refractivity contribution in [1.29, 1.82) is 0 Å². The van der Waals surface area contributed by atoms with Crippen LogP contribution in [-0.4, -0.2) is 38.1 Å². The lowest BCUT2D eigenvalue weighted by Gasteiger charge is -2.13. The van der Waals surface area contributed by atoms with Crippen LogP contribution in [0.3, 0.4) is 0 Å². The number of quaternary nitrogens is 2. The normalized spacial score (nSPS) is 10.8. The fraction of sp³-hybridized carbons (Fsp3) is 1.00. The molecule has 0 bridgehead atoms. The van der Waals surface area contributed by atoms with Crippen LogP contribution >= 0.6 is 0 Å². The quantitative estimate of drug-likeness (QED) is 0.457. The summed E-state index contributed by atoms with van der Waals surface area (Å²) in [5.74, 6) is 0. The van der Waals surface area contributed by atoms with E-state index < -0.39 is 0 Å². The molecule has 0 rings (SSSR count). The van der Waals surface area contributed by atoms with E-state index in [1.165, 1.54) is 25.9 Å². The molecule has 0 fully saturated rings. The summed E-state index contributed by atoms with van der Waals surface area (Å²) in [5, 5.41) is 0. The molecule has 0 aromatic heterocycles. The first-order valence-corrected chi connectivity index (χ1v) is 4.08. The molecule has 10 heavy (non-hydrogen) atoms. The Bertz CT molecular complexity index is 57.9. The van der Waals surface area contributed by atoms with Gasteiger partial charge in [-0.05, 0) is 7.05 Å². The predicted octanol–water partition coefficient (Wildman–Crippen LogP) is -1.82. The molecule has 3 heteroatoms. The van der Waals surface area contributed by atoms with E-state index in [-0.39, 0.29) is 0 Å². The van der Waals surface area contributed by atoms with Crippen molar-refractivity contribution in [2.45, 2.75) is 12.8 Å². The summed E-state index contributed by atoms with van der Waals surface area (Å²) in [4.78, 5) is 2.34. The summed E-state index contributed by atoms with van der Waals surface area (Å²) < 4.78 is 0. The van der Waals surface area contributed by atoms with Gasteiger partial charge in [-0.25, -0.2) is 0 Å². The van der Waals surface area contributed by atoms with E-state index in [9.17, 15) is 0 Å². The second-order valence-corrected chi connectivity index (χ2v) is 2.72. The Morgan fingerprint density at radius 3 is 1.70 bits per heavy atom. The molecule has 0 aliphatic carbocycles. The molecule has 0 aliphatic heterocycles. The average Bonchev–Trinajstić information content (AvgIpc) is 1.97. The predicted molar refractivity (Wildman–Crippen MR) is 42.2 cm³/mol. The Hall–Kier alpha value is -0.120. The molecule has 0 atom stereocenters. The van der Waals surface area contributed by atoms with E-state index in [1.54, 1.807) is 0 Å². The van der Waals surface area contributed by atoms with Crippen LogP contribution in [0.1, 0.15) is 12.8 Å². The maximum atomic E-state index is 3.80. The second-order valence-electron chi connectivity index (χ2n) is 2.72. The minimum atomic E-state index is 1.05. The Balaban J connectivity index is 3.00. The average molecular weight is 147 g/mol. The molecule has 0 saturated carbocycles. The Labute approximate surface area is 63.4 Å². The summed E-state index contributed by atoms with van der Waals surface area (Å²) in [6.07, 6.45) is 2.43. The van der Waals surface area contributed by atoms with E-state index in [0.29, 0.717) is 0 Å². The van der Waals surface area contributed by atoms with E-state index >= 15 is 0 Å². The Morgan fingerprint density at radius 2 is 1.40 bits per heavy atom. The minimum Gasteiger partial charge on any atom is -0.358 e. The van der Waals surface area contributed by atoms with E-state index in [2.05, 4.69) is 23.4 Å². The maximum absolute atomic E-state index is 3.80. The maximum Gasteiger partial charge on any atom is 0.0752 e. The number of hydrogen-bond donors (Lipinski definition) is 2. The smallest absolute Gasteiger partial charge is 0.0752 e. The Kier molecular flexibility index (Phi) is 6.91. The fourth-order valence-electron chi connectivity index (χ4n) is 0.875. The van der Waals surface area contributed by atoms with Gasteiger partial charge in [0.1, 0.15) is 0 Å². The van der Waals surface area contributed by atoms with Gasteiger partial charge in [0.15, 0.2) is 0 Å². The van der Waals surface area contributed by atoms with E-state index in [0.717, 1.165) is 13.1 Å². The van der Waals surface area contributed by atoms with E-state index in [4.69, 9.17) is 0 Å². The van der Waals surface area contributed by atoms with Crippen LogP contribution in [0.5, 0.6) is 0 Å². The van der Waals surface area contributed by atoms with Gasteiger partial charge in [0.25, 0.3) is 0 Å². The van der Waals surface area contributed by atoms with Crippen molar-refractivity contribution in [3.63, 3.8) is 0 Å². The van der Waals surface area contributed by atoms with Crippen LogP contribution in [0.4, 0.5) is 0 Å². The molecule has 0 aliphatic rings. The first-order chi connectivity index (χ1) is 4.81. The minimum absolute atomic E-state index is 1.05. The van der Waals surface area contributed by atoms with Crippen molar-refractivity contribution in [2.24, 2.45) is 0 Å². The first kappa shape index (κ1) is 9.88. The molecule has 0 radical (unpaired) electrons. The molecule has 0 amide bonds. The summed E-state index contributed by atoms with van der Waals surface area (Å²) in [7, 11) is 2.16.